The van der Waals surface area contributed by atoms with E-state index in [0.717, 1.165) is 18.8 Å². The summed E-state index contributed by atoms with van der Waals surface area (Å²) < 4.78 is 0. The molecule has 3 nitrogen and oxygen atoms in total. The Labute approximate surface area is 91.5 Å². The number of likely N-dealkylation sites (N-methyl/N-ethyl adjacent to an activating group) is 1. The number of nitrogens with one attached hydrogen (secondary N) is 1. The van der Waals surface area contributed by atoms with Crippen molar-refractivity contribution in [3.05, 3.63) is 23.8 Å². The van der Waals surface area contributed by atoms with E-state index in [0.29, 0.717) is 0 Å². The third-order valence-corrected chi connectivity index (χ3v) is 3.24. The van der Waals surface area contributed by atoms with Crippen molar-refractivity contribution in [2.45, 2.75) is 6.92 Å². The highest BCUT2D eigenvalue weighted by atomic mass is 15.2. The summed E-state index contributed by atoms with van der Waals surface area (Å²) in [5.74, 6) is 0. The molecule has 0 atom stereocenters. The zero-order valence-electron chi connectivity index (χ0n) is 9.59. The normalized spacial score (nSPS) is 18.1. The van der Waals surface area contributed by atoms with Crippen LogP contribution in [0.3, 0.4) is 0 Å². The van der Waals surface area contributed by atoms with Crippen LogP contribution in [0.25, 0.3) is 0 Å². The number of anilines is 2. The molecule has 1 fully saturated rings. The first kappa shape index (κ1) is 10.3. The van der Waals surface area contributed by atoms with Crippen molar-refractivity contribution in [1.82, 2.24) is 0 Å². The van der Waals surface area contributed by atoms with Gasteiger partial charge in [-0.05, 0) is 30.7 Å². The quantitative estimate of drug-likeness (QED) is 0.630. The molecule has 0 amide bonds. The smallest absolute Gasteiger partial charge is 0.0947 e. The molecule has 15 heavy (non-hydrogen) atoms. The van der Waals surface area contributed by atoms with E-state index in [9.17, 15) is 0 Å². The molecule has 82 valence electrons. The average Bonchev–Trinajstić information content (AvgIpc) is 2.23. The van der Waals surface area contributed by atoms with Crippen LogP contribution in [0.1, 0.15) is 5.56 Å². The Bertz CT molecular complexity index is 341. The van der Waals surface area contributed by atoms with E-state index in [2.05, 4.69) is 31.0 Å². The molecule has 1 saturated heterocycles. The van der Waals surface area contributed by atoms with Crippen molar-refractivity contribution >= 4 is 11.4 Å². The van der Waals surface area contributed by atoms with Gasteiger partial charge in [-0.25, -0.2) is 0 Å². The van der Waals surface area contributed by atoms with Gasteiger partial charge < -0.3 is 15.5 Å². The summed E-state index contributed by atoms with van der Waals surface area (Å²) in [5, 5.41) is 0. The molecule has 0 aliphatic carbocycles. The molecule has 0 aromatic heterocycles. The minimum Gasteiger partial charge on any atom is -0.399 e. The van der Waals surface area contributed by atoms with Crippen molar-refractivity contribution in [2.75, 3.05) is 43.9 Å². The molecule has 1 aromatic rings. The number of hydrogen-bond donors (Lipinski definition) is 2. The van der Waals surface area contributed by atoms with Gasteiger partial charge >= 0.3 is 0 Å². The summed E-state index contributed by atoms with van der Waals surface area (Å²) in [6.45, 7) is 6.82. The maximum Gasteiger partial charge on any atom is 0.0947 e. The van der Waals surface area contributed by atoms with E-state index >= 15 is 0 Å². The Kier molecular flexibility index (Phi) is 2.82. The van der Waals surface area contributed by atoms with Crippen LogP contribution in [0.5, 0.6) is 0 Å². The summed E-state index contributed by atoms with van der Waals surface area (Å²) in [7, 11) is 2.26. The first-order chi connectivity index (χ1) is 7.16. The number of aryl methyl sites for hydroxylation is 1. The second-order valence-corrected chi connectivity index (χ2v) is 4.49. The van der Waals surface area contributed by atoms with Crippen LogP contribution in [-0.4, -0.2) is 33.2 Å². The molecule has 1 aliphatic heterocycles. The van der Waals surface area contributed by atoms with Gasteiger partial charge in [0.05, 0.1) is 33.2 Å². The van der Waals surface area contributed by atoms with Crippen molar-refractivity contribution in [3.8, 4) is 0 Å². The van der Waals surface area contributed by atoms with Crippen LogP contribution in [0.2, 0.25) is 0 Å². The van der Waals surface area contributed by atoms with E-state index in [4.69, 9.17) is 5.73 Å². The Morgan fingerprint density at radius 3 is 2.53 bits per heavy atom. The van der Waals surface area contributed by atoms with Gasteiger partial charge in [0.2, 0.25) is 0 Å². The Hall–Kier alpha value is -1.22. The first-order valence-corrected chi connectivity index (χ1v) is 5.59. The van der Waals surface area contributed by atoms with E-state index in [1.54, 1.807) is 4.90 Å². The first-order valence-electron chi connectivity index (χ1n) is 5.59. The fourth-order valence-corrected chi connectivity index (χ4v) is 2.00. The molecule has 3 heteroatoms. The molecule has 3 N–H and O–H groups in total. The lowest BCUT2D eigenvalue weighted by Gasteiger charge is -2.32. The van der Waals surface area contributed by atoms with Gasteiger partial charge in [0.25, 0.3) is 0 Å². The lowest BCUT2D eigenvalue weighted by Crippen LogP contribution is -3.12. The van der Waals surface area contributed by atoms with E-state index in [1.807, 2.05) is 6.07 Å². The van der Waals surface area contributed by atoms with Gasteiger partial charge in [-0.15, -0.1) is 0 Å². The summed E-state index contributed by atoms with van der Waals surface area (Å²) in [6.07, 6.45) is 0. The minimum absolute atomic E-state index is 0.888. The van der Waals surface area contributed by atoms with Crippen molar-refractivity contribution in [3.63, 3.8) is 0 Å². The van der Waals surface area contributed by atoms with Gasteiger partial charge in [-0.3, -0.25) is 0 Å². The van der Waals surface area contributed by atoms with Gasteiger partial charge in [0.1, 0.15) is 0 Å². The van der Waals surface area contributed by atoms with Crippen LogP contribution < -0.4 is 15.5 Å². The van der Waals surface area contributed by atoms with E-state index < -0.39 is 0 Å². The zero-order chi connectivity index (χ0) is 10.8. The topological polar surface area (TPSA) is 33.7 Å². The number of nitrogen functional groups attached to an aromatic ring is 1. The molecular formula is C12H20N3+. The highest BCUT2D eigenvalue weighted by Gasteiger charge is 2.16. The third-order valence-electron chi connectivity index (χ3n) is 3.24. The number of nitrogens with zero attached hydrogens (tertiary/aromatic N) is 1. The predicted molar refractivity (Wildman–Crippen MR) is 64.4 cm³/mol. The van der Waals surface area contributed by atoms with Gasteiger partial charge in [-0.2, -0.15) is 0 Å². The highest BCUT2D eigenvalue weighted by molar-refractivity contribution is 5.58. The second-order valence-electron chi connectivity index (χ2n) is 4.49. The number of rotatable bonds is 1. The molecule has 0 saturated carbocycles. The lowest BCUT2D eigenvalue weighted by molar-refractivity contribution is -0.880. The number of benzene rings is 1. The monoisotopic (exact) mass is 206 g/mol. The highest BCUT2D eigenvalue weighted by Crippen LogP contribution is 2.20. The molecular weight excluding hydrogens is 186 g/mol. The van der Waals surface area contributed by atoms with Crippen molar-refractivity contribution in [2.24, 2.45) is 0 Å². The standard InChI is InChI=1S/C12H19N3/c1-10-9-11(3-4-12(10)13)15-7-5-14(2)6-8-15/h3-4,9H,5-8,13H2,1-2H3/p+1. The molecule has 0 radical (unpaired) electrons. The van der Waals surface area contributed by atoms with Gasteiger partial charge in [-0.1, -0.05) is 0 Å². The minimum atomic E-state index is 0.888. The van der Waals surface area contributed by atoms with Crippen LogP contribution in [0.15, 0.2) is 18.2 Å². The number of hydrogen-bond acceptors (Lipinski definition) is 2. The molecule has 1 aliphatic rings. The fraction of sp³-hybridized carbons (Fsp3) is 0.500. The van der Waals surface area contributed by atoms with E-state index in [-0.39, 0.29) is 0 Å². The maximum absolute atomic E-state index is 5.82. The summed E-state index contributed by atoms with van der Waals surface area (Å²) in [6, 6.07) is 6.33. The third kappa shape index (κ3) is 2.23. The van der Waals surface area contributed by atoms with Crippen LogP contribution in [-0.2, 0) is 0 Å². The maximum atomic E-state index is 5.82. The number of piperazine rings is 1. The predicted octanol–water partition coefficient (Wildman–Crippen LogP) is -0.0881. The second kappa shape index (κ2) is 4.11. The Balaban J connectivity index is 2.12. The van der Waals surface area contributed by atoms with Crippen molar-refractivity contribution < 1.29 is 4.90 Å². The summed E-state index contributed by atoms with van der Waals surface area (Å²) in [4.78, 5) is 4.07. The Morgan fingerprint density at radius 2 is 1.93 bits per heavy atom. The molecule has 1 heterocycles. The van der Waals surface area contributed by atoms with Crippen LogP contribution in [0, 0.1) is 6.92 Å². The zero-order valence-corrected chi connectivity index (χ0v) is 9.59. The molecule has 2 rings (SSSR count). The average molecular weight is 206 g/mol. The lowest BCUT2D eigenvalue weighted by atomic mass is 10.1. The van der Waals surface area contributed by atoms with E-state index in [1.165, 1.54) is 24.3 Å². The largest absolute Gasteiger partial charge is 0.399 e. The van der Waals surface area contributed by atoms with Crippen LogP contribution >= 0.6 is 0 Å². The molecule has 0 bridgehead atoms. The van der Waals surface area contributed by atoms with Crippen molar-refractivity contribution in [1.29, 1.82) is 0 Å². The molecule has 1 aromatic carbocycles. The van der Waals surface area contributed by atoms with Gasteiger partial charge in [0.15, 0.2) is 0 Å². The van der Waals surface area contributed by atoms with Gasteiger partial charge in [0, 0.05) is 11.4 Å². The molecule has 0 unspecified atom stereocenters. The fourth-order valence-electron chi connectivity index (χ4n) is 2.00. The SMILES string of the molecule is Cc1cc(N2CC[NH+](C)CC2)ccc1N. The number of nitrogens with two attached hydrogens (primary N) is 1. The molecule has 0 spiro atoms. The van der Waals surface area contributed by atoms with Crippen LogP contribution in [0.4, 0.5) is 11.4 Å². The Morgan fingerprint density at radius 1 is 1.27 bits per heavy atom. The summed E-state index contributed by atoms with van der Waals surface area (Å²) >= 11 is 0. The summed E-state index contributed by atoms with van der Waals surface area (Å²) in [5.41, 5.74) is 9.20. The number of quaternary nitrogens is 1.